The highest BCUT2D eigenvalue weighted by Gasteiger charge is 2.14. The molecule has 0 heterocycles. The fourth-order valence-corrected chi connectivity index (χ4v) is 1.49. The predicted octanol–water partition coefficient (Wildman–Crippen LogP) is 1.98. The van der Waals surface area contributed by atoms with E-state index in [0.717, 1.165) is 25.7 Å². The van der Waals surface area contributed by atoms with Gasteiger partial charge in [-0.3, -0.25) is 4.79 Å². The van der Waals surface area contributed by atoms with Gasteiger partial charge in [-0.15, -0.1) is 0 Å². The maximum absolute atomic E-state index is 11.4. The van der Waals surface area contributed by atoms with E-state index in [9.17, 15) is 9.59 Å². The van der Waals surface area contributed by atoms with Crippen molar-refractivity contribution in [3.05, 3.63) is 0 Å². The first-order chi connectivity index (χ1) is 8.01. The zero-order valence-corrected chi connectivity index (χ0v) is 11.0. The number of urea groups is 1. The molecule has 100 valence electrons. The van der Waals surface area contributed by atoms with Crippen LogP contribution in [-0.2, 0) is 4.79 Å². The lowest BCUT2D eigenvalue weighted by Gasteiger charge is -2.16. The molecule has 0 saturated heterocycles. The molecule has 0 aliphatic carbocycles. The maximum Gasteiger partial charge on any atom is 0.325 e. The fraction of sp³-hybridized carbons (Fsp3) is 0.833. The molecule has 0 rings (SSSR count). The Bertz CT molecular complexity index is 244. The highest BCUT2D eigenvalue weighted by Crippen LogP contribution is 2.10. The standard InChI is InChI=1S/C12H24N2O3/c1-4-6-7-10(5-2)8-13-12(17)14-9(3)11(15)16/h9-10H,4-8H2,1-3H3,(H,15,16)(H2,13,14,17)/t9-,10?/m0/s1. The van der Waals surface area contributed by atoms with E-state index in [1.807, 2.05) is 0 Å². The average molecular weight is 244 g/mol. The van der Waals surface area contributed by atoms with E-state index in [1.165, 1.54) is 6.92 Å². The third-order valence-electron chi connectivity index (χ3n) is 2.81. The smallest absolute Gasteiger partial charge is 0.325 e. The van der Waals surface area contributed by atoms with E-state index in [4.69, 9.17) is 5.11 Å². The first kappa shape index (κ1) is 15.7. The second-order valence-corrected chi connectivity index (χ2v) is 4.33. The van der Waals surface area contributed by atoms with Crippen LogP contribution in [0, 0.1) is 5.92 Å². The number of carbonyl (C=O) groups is 2. The van der Waals surface area contributed by atoms with Gasteiger partial charge in [-0.1, -0.05) is 33.1 Å². The normalized spacial score (nSPS) is 13.8. The Kier molecular flexibility index (Phi) is 8.19. The zero-order valence-electron chi connectivity index (χ0n) is 11.0. The minimum atomic E-state index is -1.03. The maximum atomic E-state index is 11.4. The average Bonchev–Trinajstić information content (AvgIpc) is 2.29. The lowest BCUT2D eigenvalue weighted by molar-refractivity contribution is -0.138. The predicted molar refractivity (Wildman–Crippen MR) is 66.9 cm³/mol. The number of carboxylic acids is 1. The van der Waals surface area contributed by atoms with Crippen molar-refractivity contribution in [1.82, 2.24) is 10.6 Å². The minimum absolute atomic E-state index is 0.408. The van der Waals surface area contributed by atoms with Crippen molar-refractivity contribution in [1.29, 1.82) is 0 Å². The van der Waals surface area contributed by atoms with Crippen LogP contribution in [0.2, 0.25) is 0 Å². The summed E-state index contributed by atoms with van der Waals surface area (Å²) in [4.78, 5) is 21.9. The molecule has 3 N–H and O–H groups in total. The molecule has 17 heavy (non-hydrogen) atoms. The molecule has 0 radical (unpaired) electrons. The lowest BCUT2D eigenvalue weighted by Crippen LogP contribution is -2.45. The summed E-state index contributed by atoms with van der Waals surface area (Å²) in [5.74, 6) is -0.556. The van der Waals surface area contributed by atoms with Gasteiger partial charge in [0.05, 0.1) is 0 Å². The highest BCUT2D eigenvalue weighted by atomic mass is 16.4. The van der Waals surface area contributed by atoms with Crippen molar-refractivity contribution < 1.29 is 14.7 Å². The van der Waals surface area contributed by atoms with Gasteiger partial charge in [-0.2, -0.15) is 0 Å². The van der Waals surface area contributed by atoms with Gasteiger partial charge in [-0.25, -0.2) is 4.79 Å². The number of hydrogen-bond donors (Lipinski definition) is 3. The summed E-state index contributed by atoms with van der Waals surface area (Å²) in [5, 5.41) is 13.7. The summed E-state index contributed by atoms with van der Waals surface area (Å²) in [7, 11) is 0. The summed E-state index contributed by atoms with van der Waals surface area (Å²) in [5.41, 5.74) is 0. The molecule has 0 saturated carbocycles. The number of nitrogens with one attached hydrogen (secondary N) is 2. The second kappa shape index (κ2) is 8.84. The Labute approximate surface area is 103 Å². The van der Waals surface area contributed by atoms with Crippen LogP contribution in [-0.4, -0.2) is 29.7 Å². The Morgan fingerprint density at radius 3 is 2.41 bits per heavy atom. The molecule has 2 amide bonds. The topological polar surface area (TPSA) is 78.4 Å². The van der Waals surface area contributed by atoms with E-state index in [-0.39, 0.29) is 0 Å². The van der Waals surface area contributed by atoms with Gasteiger partial charge in [0.2, 0.25) is 0 Å². The van der Waals surface area contributed by atoms with Crippen LogP contribution in [0.25, 0.3) is 0 Å². The van der Waals surface area contributed by atoms with Gasteiger partial charge in [-0.05, 0) is 19.3 Å². The number of unbranched alkanes of at least 4 members (excludes halogenated alkanes) is 1. The first-order valence-electron chi connectivity index (χ1n) is 6.28. The molecule has 1 unspecified atom stereocenters. The van der Waals surface area contributed by atoms with Crippen LogP contribution in [0.3, 0.4) is 0 Å². The fourth-order valence-electron chi connectivity index (χ4n) is 1.49. The van der Waals surface area contributed by atoms with Crippen LogP contribution in [0.15, 0.2) is 0 Å². The van der Waals surface area contributed by atoms with Crippen LogP contribution in [0.1, 0.15) is 46.5 Å². The van der Waals surface area contributed by atoms with Gasteiger partial charge in [0.15, 0.2) is 0 Å². The molecule has 0 fully saturated rings. The Balaban J connectivity index is 3.84. The van der Waals surface area contributed by atoms with Crippen molar-refractivity contribution in [3.63, 3.8) is 0 Å². The van der Waals surface area contributed by atoms with E-state index >= 15 is 0 Å². The second-order valence-electron chi connectivity index (χ2n) is 4.33. The zero-order chi connectivity index (χ0) is 13.3. The number of carbonyl (C=O) groups excluding carboxylic acids is 1. The quantitative estimate of drug-likeness (QED) is 0.611. The largest absolute Gasteiger partial charge is 0.480 e. The Morgan fingerprint density at radius 2 is 1.94 bits per heavy atom. The summed E-state index contributed by atoms with van der Waals surface area (Å²) in [6.45, 7) is 6.28. The third-order valence-corrected chi connectivity index (χ3v) is 2.81. The molecule has 0 aliphatic heterocycles. The molecule has 2 atom stereocenters. The highest BCUT2D eigenvalue weighted by molar-refractivity contribution is 5.82. The van der Waals surface area contributed by atoms with Gasteiger partial charge in [0, 0.05) is 6.54 Å². The monoisotopic (exact) mass is 244 g/mol. The number of carboxylic acid groups (broad SMARTS) is 1. The lowest BCUT2D eigenvalue weighted by atomic mass is 9.99. The van der Waals surface area contributed by atoms with Crippen LogP contribution in [0.5, 0.6) is 0 Å². The third kappa shape index (κ3) is 7.60. The molecule has 0 aliphatic rings. The van der Waals surface area contributed by atoms with E-state index < -0.39 is 18.0 Å². The van der Waals surface area contributed by atoms with Crippen molar-refractivity contribution in [2.75, 3.05) is 6.54 Å². The van der Waals surface area contributed by atoms with Crippen LogP contribution < -0.4 is 10.6 Å². The van der Waals surface area contributed by atoms with Gasteiger partial charge in [0.1, 0.15) is 6.04 Å². The molecule has 0 aromatic rings. The van der Waals surface area contributed by atoms with Crippen LogP contribution >= 0.6 is 0 Å². The summed E-state index contributed by atoms with van der Waals surface area (Å²) in [6, 6.07) is -1.26. The summed E-state index contributed by atoms with van der Waals surface area (Å²) in [6.07, 6.45) is 4.43. The van der Waals surface area contributed by atoms with Gasteiger partial charge >= 0.3 is 12.0 Å². The molecule has 5 heteroatoms. The summed E-state index contributed by atoms with van der Waals surface area (Å²) >= 11 is 0. The molecule has 0 aromatic heterocycles. The van der Waals surface area contributed by atoms with E-state index in [0.29, 0.717) is 12.5 Å². The minimum Gasteiger partial charge on any atom is -0.480 e. The summed E-state index contributed by atoms with van der Waals surface area (Å²) < 4.78 is 0. The molecular weight excluding hydrogens is 220 g/mol. The molecule has 5 nitrogen and oxygen atoms in total. The van der Waals surface area contributed by atoms with E-state index in [1.54, 1.807) is 0 Å². The number of aliphatic carboxylic acids is 1. The van der Waals surface area contributed by atoms with Crippen molar-refractivity contribution in [2.24, 2.45) is 5.92 Å². The van der Waals surface area contributed by atoms with E-state index in [2.05, 4.69) is 24.5 Å². The molecule has 0 aromatic carbocycles. The Hall–Kier alpha value is -1.26. The van der Waals surface area contributed by atoms with Gasteiger partial charge in [0.25, 0.3) is 0 Å². The molecular formula is C12H24N2O3. The number of amides is 2. The molecule has 0 spiro atoms. The SMILES string of the molecule is CCCCC(CC)CNC(=O)N[C@@H](C)C(=O)O. The van der Waals surface area contributed by atoms with Crippen molar-refractivity contribution >= 4 is 12.0 Å². The van der Waals surface area contributed by atoms with Crippen molar-refractivity contribution in [2.45, 2.75) is 52.5 Å². The molecule has 0 bridgehead atoms. The first-order valence-corrected chi connectivity index (χ1v) is 6.28. The Morgan fingerprint density at radius 1 is 1.29 bits per heavy atom. The number of rotatable bonds is 8. The number of hydrogen-bond acceptors (Lipinski definition) is 2. The van der Waals surface area contributed by atoms with Crippen molar-refractivity contribution in [3.8, 4) is 0 Å². The van der Waals surface area contributed by atoms with Crippen LogP contribution in [0.4, 0.5) is 4.79 Å². The van der Waals surface area contributed by atoms with Gasteiger partial charge < -0.3 is 15.7 Å².